The van der Waals surface area contributed by atoms with Crippen LogP contribution in [-0.4, -0.2) is 30.9 Å². The van der Waals surface area contributed by atoms with E-state index in [0.29, 0.717) is 0 Å². The predicted octanol–water partition coefficient (Wildman–Crippen LogP) is 0.708. The average Bonchev–Trinajstić information content (AvgIpc) is 2.94. The van der Waals surface area contributed by atoms with Gasteiger partial charge in [-0.25, -0.2) is 0 Å². The molecule has 1 unspecified atom stereocenters. The van der Waals surface area contributed by atoms with Gasteiger partial charge in [0.1, 0.15) is 5.78 Å². The van der Waals surface area contributed by atoms with E-state index < -0.39 is 23.3 Å². The molecule has 1 rings (SSSR count). The lowest BCUT2D eigenvalue weighted by molar-refractivity contribution is -0.165. The molecule has 0 aromatic carbocycles. The van der Waals surface area contributed by atoms with Gasteiger partial charge in [0.25, 0.3) is 0 Å². The quantitative estimate of drug-likeness (QED) is 0.512. The van der Waals surface area contributed by atoms with Crippen LogP contribution in [0.1, 0.15) is 27.2 Å². The van der Waals surface area contributed by atoms with E-state index in [9.17, 15) is 14.4 Å². The molecule has 0 bridgehead atoms. The van der Waals surface area contributed by atoms with Crippen molar-refractivity contribution in [1.82, 2.24) is 0 Å². The summed E-state index contributed by atoms with van der Waals surface area (Å²) in [7, 11) is 0. The summed E-state index contributed by atoms with van der Waals surface area (Å²) in [6.07, 6.45) is 0.208. The second kappa shape index (κ2) is 4.63. The van der Waals surface area contributed by atoms with Crippen molar-refractivity contribution in [3.8, 4) is 0 Å². The molecule has 1 aliphatic rings. The lowest BCUT2D eigenvalue weighted by Crippen LogP contribution is -2.33. The van der Waals surface area contributed by atoms with E-state index in [2.05, 4.69) is 0 Å². The maximum Gasteiger partial charge on any atom is 0.324 e. The van der Waals surface area contributed by atoms with E-state index in [1.807, 2.05) is 0 Å². The van der Waals surface area contributed by atoms with Crippen LogP contribution in [-0.2, 0) is 23.9 Å². The molecule has 1 saturated carbocycles. The topological polar surface area (TPSA) is 69.7 Å². The van der Waals surface area contributed by atoms with E-state index in [4.69, 9.17) is 9.47 Å². The van der Waals surface area contributed by atoms with Gasteiger partial charge in [0.05, 0.1) is 13.2 Å². The van der Waals surface area contributed by atoms with E-state index in [0.717, 1.165) is 0 Å². The maximum absolute atomic E-state index is 11.7. The summed E-state index contributed by atoms with van der Waals surface area (Å²) in [4.78, 5) is 34.6. The molecular weight excluding hydrogens is 212 g/mol. The fraction of sp³-hybridized carbons (Fsp3) is 0.727. The van der Waals surface area contributed by atoms with Gasteiger partial charge < -0.3 is 9.47 Å². The first-order valence-electron chi connectivity index (χ1n) is 5.35. The summed E-state index contributed by atoms with van der Waals surface area (Å²) in [5.41, 5.74) is -1.36. The minimum absolute atomic E-state index is 0.180. The van der Waals surface area contributed by atoms with Crippen molar-refractivity contribution >= 4 is 17.7 Å². The van der Waals surface area contributed by atoms with Crippen LogP contribution >= 0.6 is 0 Å². The molecule has 0 heterocycles. The number of Topliss-reactive ketones (excluding diaryl/α,β-unsaturated/α-hetero) is 1. The van der Waals surface area contributed by atoms with Gasteiger partial charge in [0.2, 0.25) is 0 Å². The fourth-order valence-corrected chi connectivity index (χ4v) is 1.81. The van der Waals surface area contributed by atoms with E-state index >= 15 is 0 Å². The standard InChI is InChI=1S/C11H16O5/c1-4-15-9(13)11(10(14)16-5-2)6-8(11)7(3)12/h8H,4-6H2,1-3H3. The van der Waals surface area contributed by atoms with Gasteiger partial charge >= 0.3 is 11.9 Å². The second-order valence-corrected chi connectivity index (χ2v) is 3.78. The first-order chi connectivity index (χ1) is 7.50. The molecular formula is C11H16O5. The summed E-state index contributed by atoms with van der Waals surface area (Å²) < 4.78 is 9.65. The molecule has 16 heavy (non-hydrogen) atoms. The van der Waals surface area contributed by atoms with E-state index in [-0.39, 0.29) is 25.4 Å². The average molecular weight is 228 g/mol. The first-order valence-corrected chi connectivity index (χ1v) is 5.35. The Labute approximate surface area is 94.1 Å². The third kappa shape index (κ3) is 1.94. The summed E-state index contributed by atoms with van der Waals surface area (Å²) in [5.74, 6) is -2.05. The van der Waals surface area contributed by atoms with Crippen molar-refractivity contribution in [1.29, 1.82) is 0 Å². The third-order valence-electron chi connectivity index (χ3n) is 2.73. The van der Waals surface area contributed by atoms with Crippen molar-refractivity contribution in [3.63, 3.8) is 0 Å². The molecule has 0 aromatic rings. The number of carbonyl (C=O) groups is 3. The molecule has 0 N–H and O–H groups in total. The lowest BCUT2D eigenvalue weighted by Gasteiger charge is -2.13. The number of hydrogen-bond donors (Lipinski definition) is 0. The third-order valence-corrected chi connectivity index (χ3v) is 2.73. The summed E-state index contributed by atoms with van der Waals surface area (Å²) in [6, 6.07) is 0. The van der Waals surface area contributed by atoms with Gasteiger partial charge in [-0.1, -0.05) is 0 Å². The van der Waals surface area contributed by atoms with E-state index in [1.54, 1.807) is 13.8 Å². The highest BCUT2D eigenvalue weighted by Gasteiger charge is 2.70. The lowest BCUT2D eigenvalue weighted by atomic mass is 10.0. The molecule has 0 spiro atoms. The number of esters is 2. The first kappa shape index (κ1) is 12.7. The maximum atomic E-state index is 11.7. The van der Waals surface area contributed by atoms with Gasteiger partial charge in [-0.05, 0) is 27.2 Å². The number of rotatable bonds is 5. The van der Waals surface area contributed by atoms with Gasteiger partial charge in [-0.15, -0.1) is 0 Å². The van der Waals surface area contributed by atoms with Crippen molar-refractivity contribution in [3.05, 3.63) is 0 Å². The van der Waals surface area contributed by atoms with Crippen LogP contribution in [0.3, 0.4) is 0 Å². The molecule has 5 heteroatoms. The Kier molecular flexibility index (Phi) is 3.67. The zero-order chi connectivity index (χ0) is 12.3. The van der Waals surface area contributed by atoms with Crippen molar-refractivity contribution < 1.29 is 23.9 Å². The molecule has 1 atom stereocenters. The molecule has 0 aliphatic heterocycles. The van der Waals surface area contributed by atoms with Gasteiger partial charge in [-0.2, -0.15) is 0 Å². The Balaban J connectivity index is 2.85. The van der Waals surface area contributed by atoms with Crippen molar-refractivity contribution in [2.45, 2.75) is 27.2 Å². The predicted molar refractivity (Wildman–Crippen MR) is 54.5 cm³/mol. The minimum atomic E-state index is -1.36. The van der Waals surface area contributed by atoms with Crippen molar-refractivity contribution in [2.24, 2.45) is 11.3 Å². The molecule has 0 amide bonds. The van der Waals surface area contributed by atoms with Crippen molar-refractivity contribution in [2.75, 3.05) is 13.2 Å². The molecule has 90 valence electrons. The monoisotopic (exact) mass is 228 g/mol. The molecule has 0 saturated heterocycles. The van der Waals surface area contributed by atoms with Crippen LogP contribution in [0.2, 0.25) is 0 Å². The fourth-order valence-electron chi connectivity index (χ4n) is 1.81. The molecule has 1 fully saturated rings. The van der Waals surface area contributed by atoms with Crippen LogP contribution < -0.4 is 0 Å². The van der Waals surface area contributed by atoms with Crippen LogP contribution in [0.4, 0.5) is 0 Å². The molecule has 5 nitrogen and oxygen atoms in total. The summed E-state index contributed by atoms with van der Waals surface area (Å²) in [5, 5.41) is 0. The zero-order valence-corrected chi connectivity index (χ0v) is 9.74. The Morgan fingerprint density at radius 3 is 1.81 bits per heavy atom. The Morgan fingerprint density at radius 2 is 1.56 bits per heavy atom. The van der Waals surface area contributed by atoms with Crippen LogP contribution in [0, 0.1) is 11.3 Å². The van der Waals surface area contributed by atoms with Crippen LogP contribution in [0.25, 0.3) is 0 Å². The highest BCUT2D eigenvalue weighted by Crippen LogP contribution is 2.54. The van der Waals surface area contributed by atoms with Gasteiger partial charge in [-0.3, -0.25) is 14.4 Å². The summed E-state index contributed by atoms with van der Waals surface area (Å²) in [6.45, 7) is 5.05. The van der Waals surface area contributed by atoms with Crippen LogP contribution in [0.15, 0.2) is 0 Å². The van der Waals surface area contributed by atoms with E-state index in [1.165, 1.54) is 6.92 Å². The smallest absolute Gasteiger partial charge is 0.324 e. The molecule has 1 aliphatic carbocycles. The number of carbonyl (C=O) groups excluding carboxylic acids is 3. The van der Waals surface area contributed by atoms with Gasteiger partial charge in [0, 0.05) is 5.92 Å². The normalized spacial score (nSPS) is 21.1. The number of ketones is 1. The highest BCUT2D eigenvalue weighted by molar-refractivity contribution is 6.09. The number of hydrogen-bond acceptors (Lipinski definition) is 5. The van der Waals surface area contributed by atoms with Crippen LogP contribution in [0.5, 0.6) is 0 Å². The largest absolute Gasteiger partial charge is 0.465 e. The SMILES string of the molecule is CCOC(=O)C1(C(=O)OCC)CC1C(C)=O. The highest BCUT2D eigenvalue weighted by atomic mass is 16.6. The summed E-state index contributed by atoms with van der Waals surface area (Å²) >= 11 is 0. The molecule has 0 radical (unpaired) electrons. The number of ether oxygens (including phenoxy) is 2. The Morgan fingerprint density at radius 1 is 1.12 bits per heavy atom. The Bertz CT molecular complexity index is 302. The zero-order valence-electron chi connectivity index (χ0n) is 9.74. The second-order valence-electron chi connectivity index (χ2n) is 3.78. The Hall–Kier alpha value is -1.39. The minimum Gasteiger partial charge on any atom is -0.465 e. The molecule has 0 aromatic heterocycles. The van der Waals surface area contributed by atoms with Gasteiger partial charge in [0.15, 0.2) is 5.41 Å².